The van der Waals surface area contributed by atoms with E-state index < -0.39 is 6.10 Å². The Kier molecular flexibility index (Phi) is 4.12. The summed E-state index contributed by atoms with van der Waals surface area (Å²) in [5.74, 6) is -0.0121. The first kappa shape index (κ1) is 14.3. The summed E-state index contributed by atoms with van der Waals surface area (Å²) in [6.45, 7) is 8.21. The molecular formula is C17H24O2. The van der Waals surface area contributed by atoms with E-state index >= 15 is 0 Å². The summed E-state index contributed by atoms with van der Waals surface area (Å²) in [7, 11) is 0. The Hall–Kier alpha value is -1.12. The molecule has 0 heterocycles. The van der Waals surface area contributed by atoms with Crippen LogP contribution >= 0.6 is 0 Å². The molecule has 0 aliphatic heterocycles. The van der Waals surface area contributed by atoms with Crippen LogP contribution in [0.15, 0.2) is 43.0 Å². The molecule has 4 atom stereocenters. The van der Waals surface area contributed by atoms with Crippen LogP contribution in [0.3, 0.4) is 0 Å². The molecule has 0 amide bonds. The lowest BCUT2D eigenvalue weighted by Crippen LogP contribution is -2.26. The van der Waals surface area contributed by atoms with Crippen LogP contribution in [-0.2, 0) is 0 Å². The number of hydrogen-bond donors (Lipinski definition) is 2. The average Bonchev–Trinajstić information content (AvgIpc) is 2.65. The minimum atomic E-state index is -0.591. The first-order valence-electron chi connectivity index (χ1n) is 6.98. The molecule has 2 rings (SSSR count). The maximum atomic E-state index is 10.5. The Morgan fingerprint density at radius 3 is 2.37 bits per heavy atom. The molecule has 1 saturated carbocycles. The van der Waals surface area contributed by atoms with E-state index in [4.69, 9.17) is 0 Å². The topological polar surface area (TPSA) is 40.5 Å². The van der Waals surface area contributed by atoms with Crippen LogP contribution in [0.25, 0.3) is 0 Å². The Labute approximate surface area is 115 Å². The summed E-state index contributed by atoms with van der Waals surface area (Å²) < 4.78 is 0. The van der Waals surface area contributed by atoms with E-state index in [-0.39, 0.29) is 23.4 Å². The number of aliphatic hydroxyl groups is 2. The minimum Gasteiger partial charge on any atom is -0.393 e. The second kappa shape index (κ2) is 5.48. The second-order valence-corrected chi connectivity index (χ2v) is 6.47. The zero-order valence-electron chi connectivity index (χ0n) is 11.8. The fourth-order valence-corrected chi connectivity index (χ4v) is 3.38. The monoisotopic (exact) mass is 260 g/mol. The lowest BCUT2D eigenvalue weighted by atomic mass is 9.80. The van der Waals surface area contributed by atoms with Gasteiger partial charge in [0.2, 0.25) is 0 Å². The van der Waals surface area contributed by atoms with Crippen LogP contribution < -0.4 is 0 Å². The van der Waals surface area contributed by atoms with Gasteiger partial charge in [-0.05, 0) is 29.7 Å². The molecule has 2 heteroatoms. The maximum absolute atomic E-state index is 10.5. The quantitative estimate of drug-likeness (QED) is 0.815. The van der Waals surface area contributed by atoms with Crippen molar-refractivity contribution in [3.05, 3.63) is 48.6 Å². The third-order valence-electron chi connectivity index (χ3n) is 4.32. The van der Waals surface area contributed by atoms with Crippen molar-refractivity contribution in [1.82, 2.24) is 0 Å². The lowest BCUT2D eigenvalue weighted by Gasteiger charge is -2.28. The summed E-state index contributed by atoms with van der Waals surface area (Å²) in [4.78, 5) is 0. The summed E-state index contributed by atoms with van der Waals surface area (Å²) in [6.07, 6.45) is 2.58. The van der Waals surface area contributed by atoms with Crippen LogP contribution in [0, 0.1) is 17.3 Å². The SMILES string of the molecule is C=CC(C(O)c1ccccc1)C1CC(C)(C)CC1O. The highest BCUT2D eigenvalue weighted by Crippen LogP contribution is 2.47. The lowest BCUT2D eigenvalue weighted by molar-refractivity contribution is 0.0434. The highest BCUT2D eigenvalue weighted by Gasteiger charge is 2.43. The van der Waals surface area contributed by atoms with Gasteiger partial charge in [-0.2, -0.15) is 0 Å². The average molecular weight is 260 g/mol. The van der Waals surface area contributed by atoms with Gasteiger partial charge in [-0.3, -0.25) is 0 Å². The molecule has 0 aromatic heterocycles. The molecule has 0 bridgehead atoms. The first-order chi connectivity index (χ1) is 8.94. The van der Waals surface area contributed by atoms with Crippen molar-refractivity contribution >= 4 is 0 Å². The number of aliphatic hydroxyl groups excluding tert-OH is 2. The smallest absolute Gasteiger partial charge is 0.0856 e. The van der Waals surface area contributed by atoms with Gasteiger partial charge >= 0.3 is 0 Å². The van der Waals surface area contributed by atoms with Crippen LogP contribution in [0.5, 0.6) is 0 Å². The van der Waals surface area contributed by atoms with E-state index in [9.17, 15) is 10.2 Å². The molecule has 4 unspecified atom stereocenters. The molecule has 1 aromatic rings. The number of rotatable bonds is 4. The number of hydrogen-bond acceptors (Lipinski definition) is 2. The summed E-state index contributed by atoms with van der Waals surface area (Å²) in [6, 6.07) is 9.63. The van der Waals surface area contributed by atoms with E-state index in [1.807, 2.05) is 30.3 Å². The van der Waals surface area contributed by atoms with Gasteiger partial charge in [0.15, 0.2) is 0 Å². The van der Waals surface area contributed by atoms with Crippen molar-refractivity contribution in [2.75, 3.05) is 0 Å². The third kappa shape index (κ3) is 3.07. The van der Waals surface area contributed by atoms with Gasteiger partial charge in [0.1, 0.15) is 0 Å². The Morgan fingerprint density at radius 2 is 1.89 bits per heavy atom. The third-order valence-corrected chi connectivity index (χ3v) is 4.32. The van der Waals surface area contributed by atoms with E-state index in [1.54, 1.807) is 6.08 Å². The van der Waals surface area contributed by atoms with Crippen molar-refractivity contribution < 1.29 is 10.2 Å². The molecule has 1 aliphatic carbocycles. The second-order valence-electron chi connectivity index (χ2n) is 6.47. The molecule has 1 aliphatic rings. The highest BCUT2D eigenvalue weighted by molar-refractivity contribution is 5.20. The van der Waals surface area contributed by atoms with Gasteiger partial charge in [0, 0.05) is 5.92 Å². The maximum Gasteiger partial charge on any atom is 0.0856 e. The van der Waals surface area contributed by atoms with Gasteiger partial charge in [-0.25, -0.2) is 0 Å². The van der Waals surface area contributed by atoms with Crippen LogP contribution in [0.1, 0.15) is 38.4 Å². The molecule has 19 heavy (non-hydrogen) atoms. The molecule has 0 saturated heterocycles. The molecule has 1 aromatic carbocycles. The normalized spacial score (nSPS) is 28.8. The summed E-state index contributed by atoms with van der Waals surface area (Å²) in [5.41, 5.74) is 1.03. The van der Waals surface area contributed by atoms with Crippen molar-refractivity contribution in [3.63, 3.8) is 0 Å². The van der Waals surface area contributed by atoms with Crippen molar-refractivity contribution in [1.29, 1.82) is 0 Å². The molecule has 0 spiro atoms. The standard InChI is InChI=1S/C17H24O2/c1-4-13(14-10-17(2,3)11-15(14)18)16(19)12-8-6-5-7-9-12/h4-9,13-16,18-19H,1,10-11H2,2-3H3. The Balaban J connectivity index is 2.19. The molecule has 0 radical (unpaired) electrons. The molecule has 2 nitrogen and oxygen atoms in total. The van der Waals surface area contributed by atoms with Crippen LogP contribution in [0.2, 0.25) is 0 Å². The van der Waals surface area contributed by atoms with E-state index in [1.165, 1.54) is 0 Å². The molecular weight excluding hydrogens is 236 g/mol. The van der Waals surface area contributed by atoms with E-state index in [0.29, 0.717) is 0 Å². The van der Waals surface area contributed by atoms with Crippen LogP contribution in [-0.4, -0.2) is 16.3 Å². The molecule has 2 N–H and O–H groups in total. The van der Waals surface area contributed by atoms with Gasteiger partial charge in [-0.1, -0.05) is 50.3 Å². The van der Waals surface area contributed by atoms with E-state index in [0.717, 1.165) is 18.4 Å². The summed E-state index contributed by atoms with van der Waals surface area (Å²) in [5, 5.41) is 20.8. The zero-order valence-corrected chi connectivity index (χ0v) is 11.8. The Bertz CT molecular complexity index is 424. The zero-order chi connectivity index (χ0) is 14.0. The largest absolute Gasteiger partial charge is 0.393 e. The molecule has 104 valence electrons. The van der Waals surface area contributed by atoms with Crippen molar-refractivity contribution in [2.45, 2.75) is 38.9 Å². The van der Waals surface area contributed by atoms with Gasteiger partial charge < -0.3 is 10.2 Å². The van der Waals surface area contributed by atoms with E-state index in [2.05, 4.69) is 20.4 Å². The summed E-state index contributed by atoms with van der Waals surface area (Å²) >= 11 is 0. The predicted molar refractivity (Wildman–Crippen MR) is 77.6 cm³/mol. The highest BCUT2D eigenvalue weighted by atomic mass is 16.3. The van der Waals surface area contributed by atoms with Gasteiger partial charge in [0.05, 0.1) is 12.2 Å². The van der Waals surface area contributed by atoms with Crippen molar-refractivity contribution in [2.24, 2.45) is 17.3 Å². The van der Waals surface area contributed by atoms with Crippen molar-refractivity contribution in [3.8, 4) is 0 Å². The fourth-order valence-electron chi connectivity index (χ4n) is 3.38. The molecule has 1 fully saturated rings. The Morgan fingerprint density at radius 1 is 1.26 bits per heavy atom. The fraction of sp³-hybridized carbons (Fsp3) is 0.529. The first-order valence-corrected chi connectivity index (χ1v) is 6.98. The predicted octanol–water partition coefficient (Wildman–Crippen LogP) is 3.32. The van der Waals surface area contributed by atoms with Crippen LogP contribution in [0.4, 0.5) is 0 Å². The number of benzene rings is 1. The minimum absolute atomic E-state index is 0.0858. The van der Waals surface area contributed by atoms with Gasteiger partial charge in [0.25, 0.3) is 0 Å². The van der Waals surface area contributed by atoms with Gasteiger partial charge in [-0.15, -0.1) is 6.58 Å².